The highest BCUT2D eigenvalue weighted by atomic mass is 16.3. The molecule has 0 amide bonds. The van der Waals surface area contributed by atoms with E-state index in [2.05, 4.69) is 6.58 Å². The molecular formula is C11H18O2. The third kappa shape index (κ3) is 1.33. The molecule has 74 valence electrons. The van der Waals surface area contributed by atoms with Crippen LogP contribution in [0.15, 0.2) is 12.2 Å². The molecule has 1 rings (SSSR count). The fraction of sp³-hybridized carbons (Fsp3) is 0.727. The Kier molecular flexibility index (Phi) is 2.37. The Balaban J connectivity index is 3.09. The molecule has 0 aromatic heterocycles. The first-order valence-electron chi connectivity index (χ1n) is 4.74. The zero-order valence-electron chi connectivity index (χ0n) is 8.68. The van der Waals surface area contributed by atoms with Crippen LogP contribution < -0.4 is 0 Å². The van der Waals surface area contributed by atoms with Gasteiger partial charge in [-0.05, 0) is 39.2 Å². The maximum Gasteiger partial charge on any atom is 0.141 e. The molecular weight excluding hydrogens is 164 g/mol. The van der Waals surface area contributed by atoms with Gasteiger partial charge >= 0.3 is 0 Å². The van der Waals surface area contributed by atoms with E-state index in [-0.39, 0.29) is 5.78 Å². The maximum absolute atomic E-state index is 11.6. The first-order chi connectivity index (χ1) is 5.82. The topological polar surface area (TPSA) is 37.3 Å². The van der Waals surface area contributed by atoms with E-state index >= 15 is 0 Å². The summed E-state index contributed by atoms with van der Waals surface area (Å²) in [6.07, 6.45) is 2.01. The van der Waals surface area contributed by atoms with Crippen molar-refractivity contribution in [2.45, 2.75) is 45.6 Å². The van der Waals surface area contributed by atoms with Gasteiger partial charge in [-0.2, -0.15) is 0 Å². The largest absolute Gasteiger partial charge is 0.385 e. The fourth-order valence-corrected chi connectivity index (χ4v) is 2.11. The predicted molar refractivity (Wildman–Crippen MR) is 52.4 cm³/mol. The third-order valence-electron chi connectivity index (χ3n) is 3.38. The van der Waals surface area contributed by atoms with Crippen LogP contribution in [-0.4, -0.2) is 16.5 Å². The molecule has 0 spiro atoms. The van der Waals surface area contributed by atoms with Crippen LogP contribution >= 0.6 is 0 Å². The van der Waals surface area contributed by atoms with Gasteiger partial charge < -0.3 is 5.11 Å². The molecule has 0 aromatic rings. The Bertz CT molecular complexity index is 253. The van der Waals surface area contributed by atoms with Crippen molar-refractivity contribution in [3.05, 3.63) is 12.2 Å². The molecule has 1 aliphatic carbocycles. The highest BCUT2D eigenvalue weighted by Crippen LogP contribution is 2.44. The van der Waals surface area contributed by atoms with Gasteiger partial charge in [0.1, 0.15) is 5.78 Å². The van der Waals surface area contributed by atoms with Crippen molar-refractivity contribution in [1.29, 1.82) is 0 Å². The number of Topliss-reactive ketones (excluding diaryl/α,β-unsaturated/α-hetero) is 1. The Morgan fingerprint density at radius 2 is 2.08 bits per heavy atom. The van der Waals surface area contributed by atoms with E-state index in [9.17, 15) is 9.90 Å². The van der Waals surface area contributed by atoms with Crippen molar-refractivity contribution in [1.82, 2.24) is 0 Å². The van der Waals surface area contributed by atoms with Gasteiger partial charge in [-0.25, -0.2) is 0 Å². The first kappa shape index (κ1) is 10.5. The van der Waals surface area contributed by atoms with Crippen molar-refractivity contribution >= 4 is 5.78 Å². The van der Waals surface area contributed by atoms with E-state index in [1.54, 1.807) is 6.92 Å². The number of hydrogen-bond donors (Lipinski definition) is 1. The molecule has 13 heavy (non-hydrogen) atoms. The molecule has 0 saturated heterocycles. The van der Waals surface area contributed by atoms with Crippen LogP contribution in [0.25, 0.3) is 0 Å². The van der Waals surface area contributed by atoms with E-state index in [0.29, 0.717) is 18.4 Å². The Labute approximate surface area is 79.6 Å². The Morgan fingerprint density at radius 1 is 1.54 bits per heavy atom. The van der Waals surface area contributed by atoms with Gasteiger partial charge in [0, 0.05) is 6.42 Å². The number of rotatable bonds is 1. The third-order valence-corrected chi connectivity index (χ3v) is 3.38. The summed E-state index contributed by atoms with van der Waals surface area (Å²) >= 11 is 0. The molecule has 0 aliphatic heterocycles. The molecule has 1 aliphatic rings. The summed E-state index contributed by atoms with van der Waals surface area (Å²) in [6, 6.07) is 0. The second kappa shape index (κ2) is 2.95. The van der Waals surface area contributed by atoms with Crippen LogP contribution in [-0.2, 0) is 4.79 Å². The SMILES string of the molecule is C=C(C)C1(O)CCCC(=O)C1(C)C. The molecule has 0 aromatic carbocycles. The van der Waals surface area contributed by atoms with Crippen LogP contribution in [0.2, 0.25) is 0 Å². The van der Waals surface area contributed by atoms with Crippen LogP contribution in [0.5, 0.6) is 0 Å². The minimum atomic E-state index is -0.998. The average molecular weight is 182 g/mol. The Hall–Kier alpha value is -0.630. The molecule has 2 heteroatoms. The van der Waals surface area contributed by atoms with E-state index in [4.69, 9.17) is 0 Å². The molecule has 1 saturated carbocycles. The second-order valence-corrected chi connectivity index (χ2v) is 4.54. The van der Waals surface area contributed by atoms with Crippen LogP contribution in [0, 0.1) is 5.41 Å². The van der Waals surface area contributed by atoms with E-state index in [1.165, 1.54) is 0 Å². The first-order valence-corrected chi connectivity index (χ1v) is 4.74. The lowest BCUT2D eigenvalue weighted by molar-refractivity contribution is -0.146. The van der Waals surface area contributed by atoms with Gasteiger partial charge in [-0.1, -0.05) is 6.58 Å². The van der Waals surface area contributed by atoms with Gasteiger partial charge in [0.2, 0.25) is 0 Å². The standard InChI is InChI=1S/C11H18O2/c1-8(2)11(13)7-5-6-9(12)10(11,3)4/h13H,1,5-7H2,2-4H3. The second-order valence-electron chi connectivity index (χ2n) is 4.54. The van der Waals surface area contributed by atoms with Gasteiger partial charge in [0.05, 0.1) is 11.0 Å². The number of aliphatic hydroxyl groups is 1. The summed E-state index contributed by atoms with van der Waals surface area (Å²) in [5.41, 5.74) is -0.968. The highest BCUT2D eigenvalue weighted by Gasteiger charge is 2.50. The van der Waals surface area contributed by atoms with Crippen molar-refractivity contribution in [2.24, 2.45) is 5.41 Å². The molecule has 1 N–H and O–H groups in total. The average Bonchev–Trinajstić information content (AvgIpc) is 2.00. The summed E-state index contributed by atoms with van der Waals surface area (Å²) < 4.78 is 0. The number of ketones is 1. The molecule has 0 heterocycles. The summed E-state index contributed by atoms with van der Waals surface area (Å²) in [5, 5.41) is 10.3. The van der Waals surface area contributed by atoms with Crippen molar-refractivity contribution in [3.8, 4) is 0 Å². The molecule has 0 bridgehead atoms. The van der Waals surface area contributed by atoms with Gasteiger partial charge in [-0.15, -0.1) is 0 Å². The lowest BCUT2D eigenvalue weighted by Gasteiger charge is -2.45. The van der Waals surface area contributed by atoms with E-state index in [1.807, 2.05) is 13.8 Å². The molecule has 0 radical (unpaired) electrons. The summed E-state index contributed by atoms with van der Waals surface area (Å²) in [4.78, 5) is 11.6. The number of carbonyl (C=O) groups is 1. The van der Waals surface area contributed by atoms with E-state index in [0.717, 1.165) is 6.42 Å². The maximum atomic E-state index is 11.6. The number of hydrogen-bond acceptors (Lipinski definition) is 2. The molecule has 1 atom stereocenters. The Morgan fingerprint density at radius 3 is 2.46 bits per heavy atom. The van der Waals surface area contributed by atoms with Crippen molar-refractivity contribution in [2.75, 3.05) is 0 Å². The summed E-state index contributed by atoms with van der Waals surface area (Å²) in [5.74, 6) is 0.143. The minimum Gasteiger partial charge on any atom is -0.385 e. The van der Waals surface area contributed by atoms with Crippen molar-refractivity contribution in [3.63, 3.8) is 0 Å². The fourth-order valence-electron chi connectivity index (χ4n) is 2.11. The lowest BCUT2D eigenvalue weighted by Crippen LogP contribution is -2.53. The zero-order valence-corrected chi connectivity index (χ0v) is 8.68. The molecule has 1 fully saturated rings. The summed E-state index contributed by atoms with van der Waals surface area (Å²) in [6.45, 7) is 9.19. The lowest BCUT2D eigenvalue weighted by atomic mass is 9.62. The molecule has 1 unspecified atom stereocenters. The quantitative estimate of drug-likeness (QED) is 0.630. The van der Waals surface area contributed by atoms with Crippen LogP contribution in [0.3, 0.4) is 0 Å². The molecule has 2 nitrogen and oxygen atoms in total. The van der Waals surface area contributed by atoms with Gasteiger partial charge in [0.25, 0.3) is 0 Å². The van der Waals surface area contributed by atoms with Gasteiger partial charge in [-0.3, -0.25) is 4.79 Å². The summed E-state index contributed by atoms with van der Waals surface area (Å²) in [7, 11) is 0. The van der Waals surface area contributed by atoms with Crippen LogP contribution in [0.4, 0.5) is 0 Å². The van der Waals surface area contributed by atoms with Crippen LogP contribution in [0.1, 0.15) is 40.0 Å². The van der Waals surface area contributed by atoms with E-state index < -0.39 is 11.0 Å². The highest BCUT2D eigenvalue weighted by molar-refractivity contribution is 5.86. The minimum absolute atomic E-state index is 0.143. The smallest absolute Gasteiger partial charge is 0.141 e. The van der Waals surface area contributed by atoms with Gasteiger partial charge in [0.15, 0.2) is 0 Å². The number of carbonyl (C=O) groups excluding carboxylic acids is 1. The van der Waals surface area contributed by atoms with Crippen molar-refractivity contribution < 1.29 is 9.90 Å². The zero-order chi connectivity index (χ0) is 10.3. The normalized spacial score (nSPS) is 33.1. The monoisotopic (exact) mass is 182 g/mol. The predicted octanol–water partition coefficient (Wildman–Crippen LogP) is 2.07.